The Hall–Kier alpha value is -0.120. The molecule has 0 bridgehead atoms. The molecule has 0 saturated heterocycles. The third-order valence-electron chi connectivity index (χ3n) is 1.87. The van der Waals surface area contributed by atoms with Crippen molar-refractivity contribution in [2.45, 2.75) is 53.0 Å². The molecule has 0 aliphatic heterocycles. The van der Waals surface area contributed by atoms with Gasteiger partial charge in [0.05, 0.1) is 0 Å². The van der Waals surface area contributed by atoms with Crippen LogP contribution in [0.1, 0.15) is 41.5 Å². The molecule has 80 valence electrons. The van der Waals surface area contributed by atoms with Crippen LogP contribution in [0, 0.1) is 5.92 Å². The molecule has 0 aliphatic rings. The Morgan fingerprint density at radius 2 is 1.31 bits per heavy atom. The summed E-state index contributed by atoms with van der Waals surface area (Å²) >= 11 is 0. The first-order chi connectivity index (χ1) is 5.55. The Morgan fingerprint density at radius 1 is 1.00 bits per heavy atom. The molecule has 3 nitrogen and oxygen atoms in total. The average molecular weight is 189 g/mol. The fraction of sp³-hybridized carbons (Fsp3) is 1.00. The summed E-state index contributed by atoms with van der Waals surface area (Å²) in [6, 6.07) is 0. The van der Waals surface area contributed by atoms with Gasteiger partial charge in [-0.1, -0.05) is 13.8 Å². The predicted octanol–water partition coefficient (Wildman–Crippen LogP) is 1.40. The van der Waals surface area contributed by atoms with Crippen molar-refractivity contribution in [1.82, 2.24) is 4.90 Å². The molecule has 0 aromatic carbocycles. The van der Waals surface area contributed by atoms with Crippen molar-refractivity contribution >= 4 is 0 Å². The Bertz CT molecular complexity index is 139. The van der Waals surface area contributed by atoms with E-state index in [9.17, 15) is 10.2 Å². The molecule has 3 heteroatoms. The lowest BCUT2D eigenvalue weighted by Crippen LogP contribution is -2.56. The first-order valence-corrected chi connectivity index (χ1v) is 4.77. The van der Waals surface area contributed by atoms with E-state index in [1.165, 1.54) is 0 Å². The second-order valence-electron chi connectivity index (χ2n) is 4.99. The van der Waals surface area contributed by atoms with Crippen LogP contribution in [0.25, 0.3) is 0 Å². The summed E-state index contributed by atoms with van der Waals surface area (Å²) in [6.45, 7) is 11.5. The molecule has 0 atom stereocenters. The Labute approximate surface area is 81.4 Å². The molecule has 0 amide bonds. The van der Waals surface area contributed by atoms with Gasteiger partial charge in [-0.15, -0.1) is 0 Å². The van der Waals surface area contributed by atoms with Crippen molar-refractivity contribution in [3.05, 3.63) is 0 Å². The molecule has 0 fully saturated rings. The molecular formula is C10H23NO2. The monoisotopic (exact) mass is 189 g/mol. The number of aliphatic hydroxyl groups is 2. The summed E-state index contributed by atoms with van der Waals surface area (Å²) in [7, 11) is 0. The first kappa shape index (κ1) is 12.9. The number of hydrogen-bond donors (Lipinski definition) is 2. The van der Waals surface area contributed by atoms with Gasteiger partial charge in [-0.3, -0.25) is 0 Å². The molecule has 0 aromatic rings. The van der Waals surface area contributed by atoms with Crippen molar-refractivity contribution < 1.29 is 10.2 Å². The zero-order valence-corrected chi connectivity index (χ0v) is 9.63. The summed E-state index contributed by atoms with van der Waals surface area (Å²) < 4.78 is 0. The Kier molecular flexibility index (Phi) is 3.91. The zero-order valence-electron chi connectivity index (χ0n) is 9.63. The molecular weight excluding hydrogens is 166 g/mol. The maximum Gasteiger partial charge on any atom is 0.115 e. The van der Waals surface area contributed by atoms with E-state index in [1.54, 1.807) is 32.6 Å². The van der Waals surface area contributed by atoms with Crippen molar-refractivity contribution in [2.75, 3.05) is 6.54 Å². The van der Waals surface area contributed by atoms with Crippen LogP contribution in [0.5, 0.6) is 0 Å². The number of rotatable bonds is 4. The molecule has 0 spiro atoms. The maximum atomic E-state index is 9.83. The van der Waals surface area contributed by atoms with Crippen LogP contribution in [0.4, 0.5) is 0 Å². The van der Waals surface area contributed by atoms with E-state index in [2.05, 4.69) is 13.8 Å². The lowest BCUT2D eigenvalue weighted by Gasteiger charge is -2.43. The van der Waals surface area contributed by atoms with Crippen LogP contribution in [0.2, 0.25) is 0 Å². The van der Waals surface area contributed by atoms with Gasteiger partial charge < -0.3 is 10.2 Å². The highest BCUT2D eigenvalue weighted by Gasteiger charge is 2.34. The van der Waals surface area contributed by atoms with Crippen LogP contribution in [-0.2, 0) is 0 Å². The SMILES string of the molecule is CC(C)CN(C(C)(C)O)C(C)(C)O. The van der Waals surface area contributed by atoms with Gasteiger partial charge in [0.15, 0.2) is 0 Å². The summed E-state index contributed by atoms with van der Waals surface area (Å²) in [5, 5.41) is 19.7. The minimum Gasteiger partial charge on any atom is -0.376 e. The second kappa shape index (κ2) is 3.95. The van der Waals surface area contributed by atoms with E-state index in [-0.39, 0.29) is 0 Å². The van der Waals surface area contributed by atoms with Crippen LogP contribution >= 0.6 is 0 Å². The van der Waals surface area contributed by atoms with Crippen LogP contribution in [0.15, 0.2) is 0 Å². The van der Waals surface area contributed by atoms with Gasteiger partial charge in [-0.2, -0.15) is 0 Å². The van der Waals surface area contributed by atoms with Crippen LogP contribution < -0.4 is 0 Å². The van der Waals surface area contributed by atoms with E-state index in [0.29, 0.717) is 12.5 Å². The molecule has 0 aromatic heterocycles. The molecule has 0 heterocycles. The number of hydrogen-bond acceptors (Lipinski definition) is 3. The molecule has 0 radical (unpaired) electrons. The smallest absolute Gasteiger partial charge is 0.115 e. The second-order valence-corrected chi connectivity index (χ2v) is 4.99. The highest BCUT2D eigenvalue weighted by atomic mass is 16.3. The number of nitrogens with zero attached hydrogens (tertiary/aromatic N) is 1. The first-order valence-electron chi connectivity index (χ1n) is 4.77. The van der Waals surface area contributed by atoms with Crippen LogP contribution in [-0.4, -0.2) is 33.1 Å². The largest absolute Gasteiger partial charge is 0.376 e. The van der Waals surface area contributed by atoms with Crippen molar-refractivity contribution in [3.63, 3.8) is 0 Å². The zero-order chi connectivity index (χ0) is 10.9. The van der Waals surface area contributed by atoms with Gasteiger partial charge in [-0.25, -0.2) is 4.90 Å². The van der Waals surface area contributed by atoms with E-state index >= 15 is 0 Å². The van der Waals surface area contributed by atoms with E-state index in [0.717, 1.165) is 0 Å². The molecule has 0 unspecified atom stereocenters. The van der Waals surface area contributed by atoms with Crippen molar-refractivity contribution in [3.8, 4) is 0 Å². The van der Waals surface area contributed by atoms with Gasteiger partial charge in [0.1, 0.15) is 11.4 Å². The molecule has 2 N–H and O–H groups in total. The molecule has 0 aliphatic carbocycles. The fourth-order valence-electron chi connectivity index (χ4n) is 1.48. The highest BCUT2D eigenvalue weighted by Crippen LogP contribution is 2.22. The molecule has 0 rings (SSSR count). The van der Waals surface area contributed by atoms with Gasteiger partial charge in [0.2, 0.25) is 0 Å². The van der Waals surface area contributed by atoms with E-state index in [4.69, 9.17) is 0 Å². The molecule has 0 saturated carbocycles. The summed E-state index contributed by atoms with van der Waals surface area (Å²) in [4.78, 5) is 1.69. The lowest BCUT2D eigenvalue weighted by molar-refractivity contribution is -0.203. The quantitative estimate of drug-likeness (QED) is 0.657. The average Bonchev–Trinajstić information content (AvgIpc) is 1.77. The summed E-state index contributed by atoms with van der Waals surface area (Å²) in [6.07, 6.45) is 0. The topological polar surface area (TPSA) is 43.7 Å². The Morgan fingerprint density at radius 3 is 1.38 bits per heavy atom. The van der Waals surface area contributed by atoms with E-state index in [1.807, 2.05) is 0 Å². The third-order valence-corrected chi connectivity index (χ3v) is 1.87. The standard InChI is InChI=1S/C10H23NO2/c1-8(2)7-11(9(3,4)12)10(5,6)13/h8,12-13H,7H2,1-6H3. The minimum atomic E-state index is -0.984. The fourth-order valence-corrected chi connectivity index (χ4v) is 1.48. The third kappa shape index (κ3) is 4.60. The van der Waals surface area contributed by atoms with Crippen LogP contribution in [0.3, 0.4) is 0 Å². The van der Waals surface area contributed by atoms with Gasteiger partial charge >= 0.3 is 0 Å². The Balaban J connectivity index is 4.58. The van der Waals surface area contributed by atoms with Crippen molar-refractivity contribution in [2.24, 2.45) is 5.92 Å². The minimum absolute atomic E-state index is 0.415. The summed E-state index contributed by atoms with van der Waals surface area (Å²) in [5.74, 6) is 0.415. The maximum absolute atomic E-state index is 9.83. The van der Waals surface area contributed by atoms with Gasteiger partial charge in [0, 0.05) is 6.54 Å². The van der Waals surface area contributed by atoms with Crippen molar-refractivity contribution in [1.29, 1.82) is 0 Å². The predicted molar refractivity (Wildman–Crippen MR) is 54.1 cm³/mol. The van der Waals surface area contributed by atoms with E-state index < -0.39 is 11.4 Å². The highest BCUT2D eigenvalue weighted by molar-refractivity contribution is 4.78. The van der Waals surface area contributed by atoms with Gasteiger partial charge in [-0.05, 0) is 33.6 Å². The summed E-state index contributed by atoms with van der Waals surface area (Å²) in [5.41, 5.74) is -1.97. The molecule has 13 heavy (non-hydrogen) atoms. The normalized spacial score (nSPS) is 14.3. The van der Waals surface area contributed by atoms with Gasteiger partial charge in [0.25, 0.3) is 0 Å². The lowest BCUT2D eigenvalue weighted by atomic mass is 10.1.